The number of aromatic nitrogens is 4. The third kappa shape index (κ3) is 1.85. The van der Waals surface area contributed by atoms with E-state index in [1.54, 1.807) is 23.9 Å². The van der Waals surface area contributed by atoms with Crippen molar-refractivity contribution in [2.24, 2.45) is 7.05 Å². The highest BCUT2D eigenvalue weighted by Gasteiger charge is 2.12. The van der Waals surface area contributed by atoms with Gasteiger partial charge in [0.1, 0.15) is 5.82 Å². The van der Waals surface area contributed by atoms with E-state index in [4.69, 9.17) is 5.73 Å². The van der Waals surface area contributed by atoms with E-state index in [-0.39, 0.29) is 5.82 Å². The van der Waals surface area contributed by atoms with Crippen molar-refractivity contribution in [2.75, 3.05) is 5.73 Å². The summed E-state index contributed by atoms with van der Waals surface area (Å²) in [6.07, 6.45) is 1.73. The molecule has 0 bridgehead atoms. The van der Waals surface area contributed by atoms with Gasteiger partial charge in [-0.2, -0.15) is 5.10 Å². The van der Waals surface area contributed by atoms with Crippen molar-refractivity contribution in [1.29, 1.82) is 0 Å². The van der Waals surface area contributed by atoms with Gasteiger partial charge in [0.05, 0.1) is 23.3 Å². The van der Waals surface area contributed by atoms with Crippen molar-refractivity contribution in [3.05, 3.63) is 41.5 Å². The summed E-state index contributed by atoms with van der Waals surface area (Å²) < 4.78 is 17.2. The number of benzene rings is 1. The number of nitrogen functional groups attached to an aromatic ring is 1. The normalized spacial score (nSPS) is 11.3. The van der Waals surface area contributed by atoms with Crippen molar-refractivity contribution in [3.63, 3.8) is 0 Å². The van der Waals surface area contributed by atoms with Crippen molar-refractivity contribution in [1.82, 2.24) is 19.3 Å². The van der Waals surface area contributed by atoms with Crippen LogP contribution in [0.5, 0.6) is 0 Å². The average Bonchev–Trinajstić information content (AvgIpc) is 2.88. The van der Waals surface area contributed by atoms with Crippen LogP contribution < -0.4 is 5.73 Å². The lowest BCUT2D eigenvalue weighted by molar-refractivity contribution is 0.620. The Hall–Kier alpha value is -2.37. The van der Waals surface area contributed by atoms with E-state index >= 15 is 0 Å². The summed E-state index contributed by atoms with van der Waals surface area (Å²) >= 11 is 0. The van der Waals surface area contributed by atoms with Crippen LogP contribution in [-0.2, 0) is 13.6 Å². The standard InChI is InChI=1S/C13H14FN5/c1-8-5-12-11(6-10(8)14)17-13(15)19(12)7-9-3-4-16-18(9)2/h3-6H,7H2,1-2H3,(H2,15,17). The summed E-state index contributed by atoms with van der Waals surface area (Å²) in [7, 11) is 1.87. The summed E-state index contributed by atoms with van der Waals surface area (Å²) in [6, 6.07) is 5.10. The number of anilines is 1. The Morgan fingerprint density at radius 2 is 2.16 bits per heavy atom. The molecule has 3 aromatic rings. The van der Waals surface area contributed by atoms with Crippen LogP contribution in [-0.4, -0.2) is 19.3 Å². The largest absolute Gasteiger partial charge is 0.369 e. The molecule has 19 heavy (non-hydrogen) atoms. The fourth-order valence-corrected chi connectivity index (χ4v) is 2.15. The smallest absolute Gasteiger partial charge is 0.201 e. The molecular weight excluding hydrogens is 245 g/mol. The van der Waals surface area contributed by atoms with Crippen molar-refractivity contribution < 1.29 is 4.39 Å². The average molecular weight is 259 g/mol. The van der Waals surface area contributed by atoms with Gasteiger partial charge >= 0.3 is 0 Å². The van der Waals surface area contributed by atoms with E-state index < -0.39 is 0 Å². The number of hydrogen-bond acceptors (Lipinski definition) is 3. The third-order valence-electron chi connectivity index (χ3n) is 3.30. The summed E-state index contributed by atoms with van der Waals surface area (Å²) in [5.74, 6) is 0.110. The molecule has 0 spiro atoms. The van der Waals surface area contributed by atoms with E-state index in [1.165, 1.54) is 6.07 Å². The summed E-state index contributed by atoms with van der Waals surface area (Å²) in [4.78, 5) is 4.20. The lowest BCUT2D eigenvalue weighted by atomic mass is 10.2. The molecule has 98 valence electrons. The SMILES string of the molecule is Cc1cc2c(cc1F)nc(N)n2Cc1ccnn1C. The number of rotatable bonds is 2. The molecule has 0 aliphatic rings. The number of nitrogens with zero attached hydrogens (tertiary/aromatic N) is 4. The van der Waals surface area contributed by atoms with Gasteiger partial charge in [0.25, 0.3) is 0 Å². The van der Waals surface area contributed by atoms with E-state index in [2.05, 4.69) is 10.1 Å². The molecule has 1 aromatic carbocycles. The van der Waals surface area contributed by atoms with Crippen LogP contribution in [0.3, 0.4) is 0 Å². The Kier molecular flexibility index (Phi) is 2.51. The molecule has 0 fully saturated rings. The molecule has 5 nitrogen and oxygen atoms in total. The zero-order chi connectivity index (χ0) is 13.6. The lowest BCUT2D eigenvalue weighted by Gasteiger charge is -2.07. The topological polar surface area (TPSA) is 61.7 Å². The van der Waals surface area contributed by atoms with Gasteiger partial charge in [0.15, 0.2) is 0 Å². The highest BCUT2D eigenvalue weighted by molar-refractivity contribution is 5.79. The van der Waals surface area contributed by atoms with Gasteiger partial charge in [-0.05, 0) is 24.6 Å². The number of fused-ring (bicyclic) bond motifs is 1. The molecule has 0 unspecified atom stereocenters. The Labute approximate surface area is 109 Å². The number of hydrogen-bond donors (Lipinski definition) is 1. The number of imidazole rings is 1. The highest BCUT2D eigenvalue weighted by atomic mass is 19.1. The Morgan fingerprint density at radius 3 is 2.84 bits per heavy atom. The maximum Gasteiger partial charge on any atom is 0.201 e. The van der Waals surface area contributed by atoms with Gasteiger partial charge in [-0.15, -0.1) is 0 Å². The first-order chi connectivity index (χ1) is 9.06. The van der Waals surface area contributed by atoms with Crippen LogP contribution >= 0.6 is 0 Å². The summed E-state index contributed by atoms with van der Waals surface area (Å²) in [5, 5.41) is 4.12. The zero-order valence-corrected chi connectivity index (χ0v) is 10.8. The number of aryl methyl sites for hydroxylation is 2. The first-order valence-corrected chi connectivity index (χ1v) is 5.95. The number of nitrogens with two attached hydrogens (primary N) is 1. The van der Waals surface area contributed by atoms with Gasteiger partial charge in [0.2, 0.25) is 5.95 Å². The predicted molar refractivity (Wildman–Crippen MR) is 71.2 cm³/mol. The van der Waals surface area contributed by atoms with Crippen LogP contribution in [0.4, 0.5) is 10.3 Å². The summed E-state index contributed by atoms with van der Waals surface area (Å²) in [6.45, 7) is 2.29. The molecule has 0 atom stereocenters. The van der Waals surface area contributed by atoms with Gasteiger partial charge in [-0.25, -0.2) is 9.37 Å². The van der Waals surface area contributed by atoms with Crippen molar-refractivity contribution in [3.8, 4) is 0 Å². The van der Waals surface area contributed by atoms with Crippen LogP contribution in [0.2, 0.25) is 0 Å². The first kappa shape index (κ1) is 11.7. The van der Waals surface area contributed by atoms with E-state index in [0.29, 0.717) is 23.6 Å². The second-order valence-electron chi connectivity index (χ2n) is 4.59. The predicted octanol–water partition coefficient (Wildman–Crippen LogP) is 1.85. The third-order valence-corrected chi connectivity index (χ3v) is 3.30. The molecule has 0 saturated heterocycles. The number of halogens is 1. The van der Waals surface area contributed by atoms with E-state index in [9.17, 15) is 4.39 Å². The molecule has 0 aliphatic heterocycles. The molecule has 2 aromatic heterocycles. The zero-order valence-electron chi connectivity index (χ0n) is 10.8. The van der Waals surface area contributed by atoms with Crippen molar-refractivity contribution >= 4 is 17.0 Å². The van der Waals surface area contributed by atoms with Gasteiger partial charge < -0.3 is 10.3 Å². The molecule has 0 saturated carbocycles. The first-order valence-electron chi connectivity index (χ1n) is 5.95. The lowest BCUT2D eigenvalue weighted by Crippen LogP contribution is -2.08. The minimum atomic E-state index is -0.266. The quantitative estimate of drug-likeness (QED) is 0.764. The summed E-state index contributed by atoms with van der Waals surface area (Å²) in [5.41, 5.74) is 8.91. The van der Waals surface area contributed by atoms with E-state index in [1.807, 2.05) is 17.7 Å². The second kappa shape index (κ2) is 4.08. The van der Waals surface area contributed by atoms with E-state index in [0.717, 1.165) is 11.2 Å². The molecule has 0 aliphatic carbocycles. The highest BCUT2D eigenvalue weighted by Crippen LogP contribution is 2.22. The van der Waals surface area contributed by atoms with Gasteiger partial charge in [0, 0.05) is 19.3 Å². The molecule has 0 amide bonds. The maximum atomic E-state index is 13.5. The molecular formula is C13H14FN5. The Balaban J connectivity index is 2.15. The molecule has 0 radical (unpaired) electrons. The molecule has 3 rings (SSSR count). The van der Waals surface area contributed by atoms with Crippen LogP contribution in [0.1, 0.15) is 11.3 Å². The maximum absolute atomic E-state index is 13.5. The fourth-order valence-electron chi connectivity index (χ4n) is 2.15. The molecule has 2 N–H and O–H groups in total. The molecule has 6 heteroatoms. The Bertz CT molecular complexity index is 756. The molecule has 2 heterocycles. The van der Waals surface area contributed by atoms with Gasteiger partial charge in [-0.1, -0.05) is 0 Å². The monoisotopic (exact) mass is 259 g/mol. The minimum Gasteiger partial charge on any atom is -0.369 e. The van der Waals surface area contributed by atoms with Crippen LogP contribution in [0.25, 0.3) is 11.0 Å². The minimum absolute atomic E-state index is 0.266. The van der Waals surface area contributed by atoms with Crippen LogP contribution in [0.15, 0.2) is 24.4 Å². The van der Waals surface area contributed by atoms with Crippen LogP contribution in [0, 0.1) is 12.7 Å². The second-order valence-corrected chi connectivity index (χ2v) is 4.59. The Morgan fingerprint density at radius 1 is 1.37 bits per heavy atom. The fraction of sp³-hybridized carbons (Fsp3) is 0.231. The van der Waals surface area contributed by atoms with Gasteiger partial charge in [-0.3, -0.25) is 4.68 Å². The van der Waals surface area contributed by atoms with Crippen molar-refractivity contribution in [2.45, 2.75) is 13.5 Å².